The van der Waals surface area contributed by atoms with Crippen molar-refractivity contribution >= 4 is 50.9 Å². The zero-order valence-electron chi connectivity index (χ0n) is 12.6. The van der Waals surface area contributed by atoms with Crippen LogP contribution < -0.4 is 5.32 Å². The maximum Gasteiger partial charge on any atom is 0.322 e. The number of rotatable bonds is 1. The molecule has 3 heterocycles. The van der Waals surface area contributed by atoms with Crippen LogP contribution in [0.5, 0.6) is 0 Å². The number of aromatic nitrogens is 1. The van der Waals surface area contributed by atoms with Crippen molar-refractivity contribution in [3.8, 4) is 0 Å². The number of nitrogens with one attached hydrogen (secondary N) is 1. The maximum atomic E-state index is 12.8. The number of benzene rings is 1. The number of carbonyl (C=O) groups is 1. The summed E-state index contributed by atoms with van der Waals surface area (Å²) in [5.74, 6) is 0. The highest BCUT2D eigenvalue weighted by Crippen LogP contribution is 2.44. The first kappa shape index (κ1) is 16.2. The van der Waals surface area contributed by atoms with E-state index >= 15 is 0 Å². The predicted octanol–water partition coefficient (Wildman–Crippen LogP) is 5.44. The van der Waals surface area contributed by atoms with Gasteiger partial charge >= 0.3 is 6.03 Å². The standard InChI is InChI=1S/C17H14BrCl2N3O/c18-16-6-9-5-11-2-4-15(12(9)8-21-16)23(11)17(24)22-10-1-3-13(19)14(20)7-10/h1,3,6-8,11,15H,2,4-5H2,(H,22,24)/t11-,15+/m1/s1. The minimum Gasteiger partial charge on any atom is -0.314 e. The molecule has 0 radical (unpaired) electrons. The molecule has 4 rings (SSSR count). The molecule has 124 valence electrons. The quantitative estimate of drug-likeness (QED) is 0.616. The number of fused-ring (bicyclic) bond motifs is 4. The zero-order chi connectivity index (χ0) is 16.8. The third-order valence-corrected chi connectivity index (χ3v) is 5.89. The van der Waals surface area contributed by atoms with E-state index in [1.807, 2.05) is 11.1 Å². The van der Waals surface area contributed by atoms with Crippen molar-refractivity contribution in [2.75, 3.05) is 5.32 Å². The molecule has 0 aliphatic carbocycles. The fraction of sp³-hybridized carbons (Fsp3) is 0.294. The first-order valence-corrected chi connectivity index (χ1v) is 9.26. The van der Waals surface area contributed by atoms with E-state index in [-0.39, 0.29) is 18.1 Å². The van der Waals surface area contributed by atoms with E-state index in [0.29, 0.717) is 15.7 Å². The predicted molar refractivity (Wildman–Crippen MR) is 98.7 cm³/mol. The summed E-state index contributed by atoms with van der Waals surface area (Å²) in [6, 6.07) is 7.37. The second-order valence-corrected chi connectivity index (χ2v) is 7.75. The zero-order valence-corrected chi connectivity index (χ0v) is 15.7. The van der Waals surface area contributed by atoms with Gasteiger partial charge in [0, 0.05) is 17.9 Å². The van der Waals surface area contributed by atoms with Crippen LogP contribution >= 0.6 is 39.1 Å². The lowest BCUT2D eigenvalue weighted by atomic mass is 9.95. The fourth-order valence-corrected chi connectivity index (χ4v) is 4.34. The van der Waals surface area contributed by atoms with E-state index < -0.39 is 0 Å². The van der Waals surface area contributed by atoms with E-state index in [9.17, 15) is 4.79 Å². The first-order valence-electron chi connectivity index (χ1n) is 7.71. The average molecular weight is 427 g/mol. The van der Waals surface area contributed by atoms with E-state index in [4.69, 9.17) is 23.2 Å². The Morgan fingerprint density at radius 3 is 2.88 bits per heavy atom. The molecule has 1 fully saturated rings. The van der Waals surface area contributed by atoms with Crippen molar-refractivity contribution in [2.45, 2.75) is 31.3 Å². The Morgan fingerprint density at radius 2 is 2.08 bits per heavy atom. The van der Waals surface area contributed by atoms with Crippen molar-refractivity contribution in [3.63, 3.8) is 0 Å². The highest BCUT2D eigenvalue weighted by Gasteiger charge is 2.42. The number of carbonyl (C=O) groups excluding carboxylic acids is 1. The Balaban J connectivity index is 1.59. The summed E-state index contributed by atoms with van der Waals surface area (Å²) in [4.78, 5) is 19.1. The number of anilines is 1. The molecule has 7 heteroatoms. The van der Waals surface area contributed by atoms with Gasteiger partial charge in [-0.3, -0.25) is 0 Å². The summed E-state index contributed by atoms with van der Waals surface area (Å²) in [7, 11) is 0. The van der Waals surface area contributed by atoms with Crippen molar-refractivity contribution in [3.05, 3.63) is 56.2 Å². The van der Waals surface area contributed by atoms with Crippen molar-refractivity contribution in [1.82, 2.24) is 9.88 Å². The van der Waals surface area contributed by atoms with Crippen LogP contribution in [0.1, 0.15) is 30.0 Å². The molecule has 2 aliphatic rings. The lowest BCUT2D eigenvalue weighted by molar-refractivity contribution is 0.179. The molecule has 1 aromatic carbocycles. The molecule has 2 bridgehead atoms. The lowest BCUT2D eigenvalue weighted by Crippen LogP contribution is -2.44. The van der Waals surface area contributed by atoms with Gasteiger partial charge in [0.2, 0.25) is 0 Å². The van der Waals surface area contributed by atoms with Gasteiger partial charge in [-0.05, 0) is 70.6 Å². The molecule has 0 saturated carbocycles. The van der Waals surface area contributed by atoms with E-state index in [1.54, 1.807) is 18.2 Å². The summed E-state index contributed by atoms with van der Waals surface area (Å²) in [5.41, 5.74) is 3.08. The maximum absolute atomic E-state index is 12.8. The number of nitrogens with zero attached hydrogens (tertiary/aromatic N) is 2. The van der Waals surface area contributed by atoms with Crippen molar-refractivity contribution < 1.29 is 4.79 Å². The molecular formula is C17H14BrCl2N3O. The Morgan fingerprint density at radius 1 is 1.25 bits per heavy atom. The van der Waals surface area contributed by atoms with Gasteiger partial charge in [-0.15, -0.1) is 0 Å². The molecule has 1 saturated heterocycles. The second-order valence-electron chi connectivity index (χ2n) is 6.12. The Bertz CT molecular complexity index is 829. The SMILES string of the molecule is O=C(Nc1ccc(Cl)c(Cl)c1)N1[C@@H]2CC[C@H]1c1cnc(Br)cc1C2. The van der Waals surface area contributed by atoms with Crippen LogP contribution in [0.4, 0.5) is 10.5 Å². The van der Waals surface area contributed by atoms with Crippen LogP contribution in [0.15, 0.2) is 35.1 Å². The number of halogens is 3. The van der Waals surface area contributed by atoms with Gasteiger partial charge in [0.05, 0.1) is 16.1 Å². The highest BCUT2D eigenvalue weighted by atomic mass is 79.9. The van der Waals surface area contributed by atoms with E-state index in [2.05, 4.69) is 32.3 Å². The molecule has 0 spiro atoms. The third-order valence-electron chi connectivity index (χ3n) is 4.71. The summed E-state index contributed by atoms with van der Waals surface area (Å²) in [6.07, 6.45) is 4.72. The Hall–Kier alpha value is -1.30. The molecular weight excluding hydrogens is 413 g/mol. The number of hydrogen-bond acceptors (Lipinski definition) is 2. The van der Waals surface area contributed by atoms with Gasteiger partial charge in [-0.2, -0.15) is 0 Å². The molecule has 4 nitrogen and oxygen atoms in total. The number of amides is 2. The summed E-state index contributed by atoms with van der Waals surface area (Å²) in [6.45, 7) is 0. The van der Waals surface area contributed by atoms with E-state index in [0.717, 1.165) is 29.4 Å². The molecule has 1 N–H and O–H groups in total. The summed E-state index contributed by atoms with van der Waals surface area (Å²) in [5, 5.41) is 3.83. The van der Waals surface area contributed by atoms with Gasteiger partial charge in [0.15, 0.2) is 0 Å². The minimum absolute atomic E-state index is 0.0853. The molecule has 2 atom stereocenters. The highest BCUT2D eigenvalue weighted by molar-refractivity contribution is 9.10. The summed E-state index contributed by atoms with van der Waals surface area (Å²) >= 11 is 15.4. The minimum atomic E-state index is -0.102. The number of pyridine rings is 1. The summed E-state index contributed by atoms with van der Waals surface area (Å²) < 4.78 is 0.842. The third kappa shape index (κ3) is 2.79. The van der Waals surface area contributed by atoms with Crippen LogP contribution in [-0.4, -0.2) is 22.0 Å². The lowest BCUT2D eigenvalue weighted by Gasteiger charge is -2.36. The topological polar surface area (TPSA) is 45.2 Å². The second kappa shape index (κ2) is 6.21. The number of hydrogen-bond donors (Lipinski definition) is 1. The fourth-order valence-electron chi connectivity index (χ4n) is 3.67. The van der Waals surface area contributed by atoms with Crippen molar-refractivity contribution in [2.24, 2.45) is 0 Å². The van der Waals surface area contributed by atoms with Gasteiger partial charge in [-0.1, -0.05) is 23.2 Å². The normalized spacial score (nSPS) is 21.5. The van der Waals surface area contributed by atoms with Crippen molar-refractivity contribution in [1.29, 1.82) is 0 Å². The molecule has 2 aliphatic heterocycles. The van der Waals surface area contributed by atoms with Gasteiger partial charge in [0.1, 0.15) is 4.60 Å². The Labute approximate surface area is 158 Å². The molecule has 2 amide bonds. The number of urea groups is 1. The Kier molecular flexibility index (Phi) is 4.19. The van der Waals surface area contributed by atoms with Crippen LogP contribution in [0.2, 0.25) is 10.0 Å². The molecule has 0 unspecified atom stereocenters. The monoisotopic (exact) mass is 425 g/mol. The largest absolute Gasteiger partial charge is 0.322 e. The average Bonchev–Trinajstić information content (AvgIpc) is 2.86. The van der Waals surface area contributed by atoms with E-state index in [1.165, 1.54) is 5.56 Å². The molecule has 24 heavy (non-hydrogen) atoms. The molecule has 1 aromatic heterocycles. The van der Waals surface area contributed by atoms with Crippen LogP contribution in [0.25, 0.3) is 0 Å². The van der Waals surface area contributed by atoms with Gasteiger partial charge in [-0.25, -0.2) is 9.78 Å². The smallest absolute Gasteiger partial charge is 0.314 e. The van der Waals surface area contributed by atoms with Crippen LogP contribution in [-0.2, 0) is 6.42 Å². The first-order chi connectivity index (χ1) is 11.5. The van der Waals surface area contributed by atoms with Gasteiger partial charge < -0.3 is 10.2 Å². The molecule has 2 aromatic rings. The van der Waals surface area contributed by atoms with Crippen LogP contribution in [0.3, 0.4) is 0 Å². The van der Waals surface area contributed by atoms with Gasteiger partial charge in [0.25, 0.3) is 0 Å². The van der Waals surface area contributed by atoms with Crippen LogP contribution in [0, 0.1) is 0 Å².